The Hall–Kier alpha value is -4.60. The number of hydrogen-bond donors (Lipinski definition) is 4. The van der Waals surface area contributed by atoms with E-state index in [-0.39, 0.29) is 50.1 Å². The molecular formula is C44H64N6O13. The minimum atomic E-state index is -1.21. The molecule has 3 aliphatic rings. The van der Waals surface area contributed by atoms with Gasteiger partial charge in [0.2, 0.25) is 5.91 Å². The van der Waals surface area contributed by atoms with Crippen molar-refractivity contribution in [2.75, 3.05) is 125 Å². The van der Waals surface area contributed by atoms with Crippen molar-refractivity contribution < 1.29 is 62.5 Å². The maximum Gasteiger partial charge on any atom is 0.407 e. The molecule has 2 fully saturated rings. The van der Waals surface area contributed by atoms with Crippen molar-refractivity contribution in [2.24, 2.45) is 17.8 Å². The summed E-state index contributed by atoms with van der Waals surface area (Å²) in [5.74, 6) is -0.884. The number of aromatic carboxylic acids is 2. The third kappa shape index (κ3) is 18.2. The minimum absolute atomic E-state index is 0.0130. The summed E-state index contributed by atoms with van der Waals surface area (Å²) >= 11 is 0. The first-order chi connectivity index (χ1) is 30.8. The van der Waals surface area contributed by atoms with Gasteiger partial charge in [-0.15, -0.1) is 0 Å². The second-order valence-electron chi connectivity index (χ2n) is 15.4. The molecule has 1 saturated carbocycles. The first-order valence-electron chi connectivity index (χ1n) is 22.0. The molecule has 1 aliphatic heterocycles. The number of rotatable bonds is 18. The zero-order valence-corrected chi connectivity index (χ0v) is 36.1. The van der Waals surface area contributed by atoms with Gasteiger partial charge in [-0.3, -0.25) is 14.6 Å². The molecule has 0 radical (unpaired) electrons. The fourth-order valence-corrected chi connectivity index (χ4v) is 7.71. The van der Waals surface area contributed by atoms with Crippen LogP contribution in [0.15, 0.2) is 48.6 Å². The predicted molar refractivity (Wildman–Crippen MR) is 227 cm³/mol. The van der Waals surface area contributed by atoms with Crippen molar-refractivity contribution in [3.8, 4) is 0 Å². The molecule has 2 aromatic rings. The summed E-state index contributed by atoms with van der Waals surface area (Å²) in [5, 5.41) is 24.6. The highest BCUT2D eigenvalue weighted by atomic mass is 16.6. The number of carbonyl (C=O) groups is 4. The molecule has 2 aliphatic carbocycles. The van der Waals surface area contributed by atoms with Crippen molar-refractivity contribution in [2.45, 2.75) is 38.3 Å². The Morgan fingerprint density at radius 1 is 0.683 bits per heavy atom. The second kappa shape index (κ2) is 28.2. The lowest BCUT2D eigenvalue weighted by Crippen LogP contribution is -2.44. The summed E-state index contributed by atoms with van der Waals surface area (Å²) < 4.78 is 40.2. The van der Waals surface area contributed by atoms with Crippen LogP contribution in [0.1, 0.15) is 64.1 Å². The molecule has 0 aromatic carbocycles. The molecule has 4 N–H and O–H groups in total. The number of aromatic nitrogens is 2. The standard InChI is InChI=1S/C44H64N6O13/c51-41(45-13-19-57-25-26-58-20-14-46-44(56)63-32-36-34-8-3-1-2-4-9-35(34)36)40(37-10-6-12-39(48-37)43(54)55)50-17-23-61-29-27-59-21-15-49(16-22-60-28-30-62-24-18-50)31-33-7-5-11-38(47-33)42(52)53/h1-2,5-7,10-12,34-36,40H,3-4,8-9,13-32H2,(H,45,51)(H,46,56)(H,52,53)(H,54,55)/b2-1-/t34-,35+,36-,40?. The van der Waals surface area contributed by atoms with Crippen LogP contribution >= 0.6 is 0 Å². The van der Waals surface area contributed by atoms with Crippen LogP contribution in [-0.4, -0.2) is 179 Å². The number of fused-ring (bicyclic) bond motifs is 1. The fraction of sp³-hybridized carbons (Fsp3) is 0.636. The largest absolute Gasteiger partial charge is 0.477 e. The molecule has 4 atom stereocenters. The van der Waals surface area contributed by atoms with Crippen molar-refractivity contribution >= 4 is 23.9 Å². The van der Waals surface area contributed by atoms with Gasteiger partial charge in [-0.05, 0) is 67.7 Å². The summed E-state index contributed by atoms with van der Waals surface area (Å²) in [4.78, 5) is 61.7. The number of amides is 2. The Balaban J connectivity index is 1.03. The molecule has 0 bridgehead atoms. The molecule has 2 amide bonds. The molecule has 2 aromatic heterocycles. The lowest BCUT2D eigenvalue weighted by atomic mass is 10.1. The zero-order valence-electron chi connectivity index (χ0n) is 36.1. The molecule has 348 valence electrons. The van der Waals surface area contributed by atoms with Crippen molar-refractivity contribution in [3.63, 3.8) is 0 Å². The van der Waals surface area contributed by atoms with E-state index in [1.807, 2.05) is 4.90 Å². The van der Waals surface area contributed by atoms with Crippen molar-refractivity contribution in [1.29, 1.82) is 0 Å². The van der Waals surface area contributed by atoms with E-state index in [2.05, 4.69) is 37.7 Å². The Morgan fingerprint density at radius 3 is 1.81 bits per heavy atom. The summed E-state index contributed by atoms with van der Waals surface area (Å²) in [6.07, 6.45) is 8.61. The average molecular weight is 885 g/mol. The van der Waals surface area contributed by atoms with Crippen LogP contribution in [-0.2, 0) is 44.5 Å². The topological polar surface area (TPSA) is 230 Å². The van der Waals surface area contributed by atoms with Crippen LogP contribution < -0.4 is 10.6 Å². The van der Waals surface area contributed by atoms with Crippen LogP contribution in [0, 0.1) is 17.8 Å². The highest BCUT2D eigenvalue weighted by molar-refractivity contribution is 5.86. The summed E-state index contributed by atoms with van der Waals surface area (Å²) in [5.41, 5.74) is 0.690. The smallest absolute Gasteiger partial charge is 0.407 e. The summed E-state index contributed by atoms with van der Waals surface area (Å²) in [6, 6.07) is 8.50. The van der Waals surface area contributed by atoms with E-state index < -0.39 is 30.0 Å². The van der Waals surface area contributed by atoms with Gasteiger partial charge in [0.15, 0.2) is 0 Å². The average Bonchev–Trinajstić information content (AvgIpc) is 3.92. The number of carbonyl (C=O) groups excluding carboxylic acids is 2. The number of nitrogens with one attached hydrogen (secondary N) is 2. The molecule has 1 unspecified atom stereocenters. The van der Waals surface area contributed by atoms with E-state index in [4.69, 9.17) is 33.2 Å². The van der Waals surface area contributed by atoms with Gasteiger partial charge in [0.25, 0.3) is 0 Å². The number of nitrogens with zero attached hydrogens (tertiary/aromatic N) is 4. The van der Waals surface area contributed by atoms with E-state index in [0.29, 0.717) is 122 Å². The molecule has 63 heavy (non-hydrogen) atoms. The van der Waals surface area contributed by atoms with Crippen molar-refractivity contribution in [1.82, 2.24) is 30.4 Å². The lowest BCUT2D eigenvalue weighted by Gasteiger charge is -2.30. The van der Waals surface area contributed by atoms with Gasteiger partial charge in [-0.1, -0.05) is 24.3 Å². The number of hydrogen-bond acceptors (Lipinski definition) is 15. The number of alkyl carbamates (subject to hydrolysis) is 1. The molecule has 3 heterocycles. The molecular weight excluding hydrogens is 821 g/mol. The summed E-state index contributed by atoms with van der Waals surface area (Å²) in [7, 11) is 0. The highest BCUT2D eigenvalue weighted by Gasteiger charge is 2.49. The molecule has 5 rings (SSSR count). The van der Waals surface area contributed by atoms with E-state index in [0.717, 1.165) is 12.8 Å². The summed E-state index contributed by atoms with van der Waals surface area (Å²) in [6.45, 7) is 6.68. The molecule has 1 saturated heterocycles. The van der Waals surface area contributed by atoms with Gasteiger partial charge in [-0.25, -0.2) is 24.4 Å². The van der Waals surface area contributed by atoms with Gasteiger partial charge in [0, 0.05) is 45.8 Å². The van der Waals surface area contributed by atoms with Crippen LogP contribution in [0.3, 0.4) is 0 Å². The first kappa shape index (κ1) is 49.4. The predicted octanol–water partition coefficient (Wildman–Crippen LogP) is 2.67. The van der Waals surface area contributed by atoms with Crippen LogP contribution in [0.4, 0.5) is 4.79 Å². The van der Waals surface area contributed by atoms with Crippen molar-refractivity contribution in [3.05, 3.63) is 71.3 Å². The Morgan fingerprint density at radius 2 is 1.22 bits per heavy atom. The van der Waals surface area contributed by atoms with Gasteiger partial charge >= 0.3 is 18.0 Å². The first-order valence-corrected chi connectivity index (χ1v) is 22.0. The second-order valence-corrected chi connectivity index (χ2v) is 15.4. The van der Waals surface area contributed by atoms with Crippen LogP contribution in [0.2, 0.25) is 0 Å². The zero-order chi connectivity index (χ0) is 44.5. The third-order valence-corrected chi connectivity index (χ3v) is 11.0. The van der Waals surface area contributed by atoms with Gasteiger partial charge in [0.05, 0.1) is 97.3 Å². The SMILES string of the molecule is O=C(NCCOCCOCCNC(=O)C(c1cccc(C(=O)O)n1)N1CCOCCOCCN(Cc2cccc(C(=O)O)n2)CCOCCOCC1)OC[C@@H]1[C@@H]2CC/C=C\CC[C@@H]21. The van der Waals surface area contributed by atoms with Crippen LogP contribution in [0.5, 0.6) is 0 Å². The number of carboxylic acids is 2. The van der Waals surface area contributed by atoms with E-state index in [1.165, 1.54) is 25.0 Å². The van der Waals surface area contributed by atoms with Gasteiger partial charge in [0.1, 0.15) is 17.4 Å². The number of allylic oxidation sites excluding steroid dienone is 2. The lowest BCUT2D eigenvalue weighted by molar-refractivity contribution is -0.128. The third-order valence-electron chi connectivity index (χ3n) is 11.0. The monoisotopic (exact) mass is 884 g/mol. The normalized spacial score (nSPS) is 22.1. The highest BCUT2D eigenvalue weighted by Crippen LogP contribution is 2.52. The van der Waals surface area contributed by atoms with E-state index in [1.54, 1.807) is 24.3 Å². The number of carboxylic acid groups (broad SMARTS) is 2. The molecule has 0 spiro atoms. The number of pyridine rings is 2. The van der Waals surface area contributed by atoms with E-state index in [9.17, 15) is 29.4 Å². The fourth-order valence-electron chi connectivity index (χ4n) is 7.71. The number of ether oxygens (including phenoxy) is 7. The van der Waals surface area contributed by atoms with E-state index >= 15 is 0 Å². The molecule has 19 nitrogen and oxygen atoms in total. The maximum absolute atomic E-state index is 13.9. The Bertz CT molecular complexity index is 1700. The Kier molecular flexibility index (Phi) is 22.2. The minimum Gasteiger partial charge on any atom is -0.477 e. The maximum atomic E-state index is 13.9. The Labute approximate surface area is 368 Å². The van der Waals surface area contributed by atoms with Crippen LogP contribution in [0.25, 0.3) is 0 Å². The van der Waals surface area contributed by atoms with Gasteiger partial charge < -0.3 is 54.0 Å². The quantitative estimate of drug-likeness (QED) is 0.125. The van der Waals surface area contributed by atoms with Gasteiger partial charge in [-0.2, -0.15) is 0 Å². The molecule has 19 heteroatoms.